The van der Waals surface area contributed by atoms with Crippen LogP contribution in [-0.4, -0.2) is 35.7 Å². The summed E-state index contributed by atoms with van der Waals surface area (Å²) in [7, 11) is 0. The van der Waals surface area contributed by atoms with Gasteiger partial charge in [0.05, 0.1) is 20.5 Å². The van der Waals surface area contributed by atoms with Gasteiger partial charge in [-0.25, -0.2) is 0 Å². The van der Waals surface area contributed by atoms with Gasteiger partial charge >= 0.3 is 0 Å². The maximum atomic E-state index is 12.9. The second-order valence-corrected chi connectivity index (χ2v) is 7.79. The van der Waals surface area contributed by atoms with Crippen LogP contribution >= 0.6 is 22.9 Å². The molecule has 3 N–H and O–H groups in total. The van der Waals surface area contributed by atoms with Crippen molar-refractivity contribution < 1.29 is 14.4 Å². The molecule has 0 bridgehead atoms. The van der Waals surface area contributed by atoms with Crippen LogP contribution in [0, 0.1) is 5.92 Å². The van der Waals surface area contributed by atoms with Gasteiger partial charge in [0.1, 0.15) is 0 Å². The van der Waals surface area contributed by atoms with Gasteiger partial charge in [-0.3, -0.25) is 14.4 Å². The zero-order chi connectivity index (χ0) is 18.7. The third-order valence-electron chi connectivity index (χ3n) is 4.39. The lowest BCUT2D eigenvalue weighted by molar-refractivity contribution is -0.123. The average Bonchev–Trinajstić information content (AvgIpc) is 3.08. The molecule has 1 aromatic heterocycles. The second-order valence-electron chi connectivity index (χ2n) is 6.07. The Hall–Kier alpha value is -2.38. The summed E-state index contributed by atoms with van der Waals surface area (Å²) in [5.41, 5.74) is 6.20. The Labute approximate surface area is 159 Å². The van der Waals surface area contributed by atoms with Crippen molar-refractivity contribution in [3.8, 4) is 0 Å². The van der Waals surface area contributed by atoms with Crippen LogP contribution in [0.4, 0.5) is 5.69 Å². The van der Waals surface area contributed by atoms with Gasteiger partial charge in [-0.15, -0.1) is 11.3 Å². The molecule has 6 nitrogen and oxygen atoms in total. The van der Waals surface area contributed by atoms with E-state index in [-0.39, 0.29) is 23.6 Å². The van der Waals surface area contributed by atoms with Gasteiger partial charge in [0.25, 0.3) is 11.8 Å². The Morgan fingerprint density at radius 2 is 1.81 bits per heavy atom. The molecule has 3 rings (SSSR count). The third-order valence-corrected chi connectivity index (χ3v) is 5.62. The molecular formula is C18H18ClN3O3S. The number of amides is 3. The van der Waals surface area contributed by atoms with Crippen LogP contribution in [0.25, 0.3) is 0 Å². The number of primary amides is 1. The molecule has 1 fully saturated rings. The first-order valence-electron chi connectivity index (χ1n) is 8.20. The number of hydrogen-bond donors (Lipinski definition) is 2. The zero-order valence-corrected chi connectivity index (χ0v) is 15.5. The number of carbonyl (C=O) groups excluding carboxylic acids is 3. The van der Waals surface area contributed by atoms with Crippen molar-refractivity contribution in [3.63, 3.8) is 0 Å². The van der Waals surface area contributed by atoms with Crippen LogP contribution in [0.3, 0.4) is 0 Å². The number of carbonyl (C=O) groups is 3. The topological polar surface area (TPSA) is 92.5 Å². The molecule has 1 aromatic carbocycles. The van der Waals surface area contributed by atoms with E-state index >= 15 is 0 Å². The van der Waals surface area contributed by atoms with Gasteiger partial charge in [-0.2, -0.15) is 0 Å². The largest absolute Gasteiger partial charge is 0.369 e. The number of halogens is 1. The summed E-state index contributed by atoms with van der Waals surface area (Å²) in [4.78, 5) is 38.7. The van der Waals surface area contributed by atoms with E-state index in [0.717, 1.165) is 0 Å². The van der Waals surface area contributed by atoms with Gasteiger partial charge in [0.15, 0.2) is 0 Å². The molecule has 0 radical (unpaired) electrons. The maximum absolute atomic E-state index is 12.9. The van der Waals surface area contributed by atoms with Crippen molar-refractivity contribution in [2.24, 2.45) is 11.7 Å². The quantitative estimate of drug-likeness (QED) is 0.839. The number of thiophene rings is 1. The molecule has 1 saturated heterocycles. The summed E-state index contributed by atoms with van der Waals surface area (Å²) >= 11 is 7.04. The Morgan fingerprint density at radius 1 is 1.12 bits per heavy atom. The molecule has 0 atom stereocenters. The van der Waals surface area contributed by atoms with E-state index in [1.54, 1.807) is 41.3 Å². The first kappa shape index (κ1) is 18.4. The van der Waals surface area contributed by atoms with E-state index in [1.165, 1.54) is 11.3 Å². The van der Waals surface area contributed by atoms with Crippen molar-refractivity contribution in [1.29, 1.82) is 0 Å². The molecular weight excluding hydrogens is 374 g/mol. The van der Waals surface area contributed by atoms with E-state index in [2.05, 4.69) is 5.32 Å². The molecule has 136 valence electrons. The highest BCUT2D eigenvalue weighted by molar-refractivity contribution is 7.18. The first-order valence-corrected chi connectivity index (χ1v) is 9.39. The number of benzene rings is 1. The summed E-state index contributed by atoms with van der Waals surface area (Å²) in [6.07, 6.45) is 1.12. The van der Waals surface area contributed by atoms with Crippen LogP contribution in [-0.2, 0) is 4.79 Å². The number of likely N-dealkylation sites (tertiary alicyclic amines) is 1. The fourth-order valence-electron chi connectivity index (χ4n) is 2.94. The van der Waals surface area contributed by atoms with Crippen molar-refractivity contribution in [2.45, 2.75) is 12.8 Å². The highest BCUT2D eigenvalue weighted by Gasteiger charge is 2.27. The monoisotopic (exact) mass is 391 g/mol. The minimum atomic E-state index is -0.320. The predicted molar refractivity (Wildman–Crippen MR) is 102 cm³/mol. The molecule has 0 aliphatic carbocycles. The molecule has 0 saturated carbocycles. The number of nitrogens with zero attached hydrogens (tertiary/aromatic N) is 1. The Kier molecular flexibility index (Phi) is 5.58. The van der Waals surface area contributed by atoms with E-state index in [4.69, 9.17) is 17.3 Å². The summed E-state index contributed by atoms with van der Waals surface area (Å²) in [5, 5.41) is 2.78. The van der Waals surface area contributed by atoms with Gasteiger partial charge in [0, 0.05) is 19.0 Å². The number of hydrogen-bond acceptors (Lipinski definition) is 4. The third kappa shape index (κ3) is 4.05. The highest BCUT2D eigenvalue weighted by atomic mass is 35.5. The molecule has 3 amide bonds. The SMILES string of the molecule is NC(=O)C1CCN(C(=O)c2ccccc2NC(=O)c2ccc(Cl)s2)CC1. The Bertz CT molecular complexity index is 844. The normalized spacial score (nSPS) is 14.9. The van der Waals surface area contributed by atoms with Crippen molar-refractivity contribution in [2.75, 3.05) is 18.4 Å². The molecule has 8 heteroatoms. The number of rotatable bonds is 4. The van der Waals surface area contributed by atoms with Gasteiger partial charge < -0.3 is 16.0 Å². The number of nitrogens with two attached hydrogens (primary N) is 1. The molecule has 1 aliphatic rings. The number of piperidine rings is 1. The average molecular weight is 392 g/mol. The molecule has 0 spiro atoms. The summed E-state index contributed by atoms with van der Waals surface area (Å²) in [6, 6.07) is 10.2. The Morgan fingerprint density at radius 3 is 2.42 bits per heavy atom. The number of anilines is 1. The van der Waals surface area contributed by atoms with Gasteiger partial charge in [-0.1, -0.05) is 23.7 Å². The first-order chi connectivity index (χ1) is 12.5. The summed E-state index contributed by atoms with van der Waals surface area (Å²) in [5.74, 6) is -0.987. The number of para-hydroxylation sites is 1. The molecule has 0 unspecified atom stereocenters. The van der Waals surface area contributed by atoms with E-state index < -0.39 is 0 Å². The fraction of sp³-hybridized carbons (Fsp3) is 0.278. The number of nitrogens with one attached hydrogen (secondary N) is 1. The molecule has 2 aromatic rings. The van der Waals surface area contributed by atoms with E-state index in [1.807, 2.05) is 0 Å². The van der Waals surface area contributed by atoms with Crippen molar-refractivity contribution >= 4 is 46.3 Å². The standard InChI is InChI=1S/C18H18ClN3O3S/c19-15-6-5-14(26-15)17(24)21-13-4-2-1-3-12(13)18(25)22-9-7-11(8-10-22)16(20)23/h1-6,11H,7-10H2,(H2,20,23)(H,21,24). The van der Waals surface area contributed by atoms with Crippen molar-refractivity contribution in [3.05, 3.63) is 51.2 Å². The van der Waals surface area contributed by atoms with Gasteiger partial charge in [-0.05, 0) is 37.1 Å². The second kappa shape index (κ2) is 7.88. The predicted octanol–water partition coefficient (Wildman–Crippen LogP) is 2.99. The highest BCUT2D eigenvalue weighted by Crippen LogP contribution is 2.25. The van der Waals surface area contributed by atoms with Crippen LogP contribution in [0.1, 0.15) is 32.9 Å². The smallest absolute Gasteiger partial charge is 0.265 e. The molecule has 2 heterocycles. The summed E-state index contributed by atoms with van der Waals surface area (Å²) in [6.45, 7) is 0.935. The maximum Gasteiger partial charge on any atom is 0.265 e. The lowest BCUT2D eigenvalue weighted by Crippen LogP contribution is -2.42. The van der Waals surface area contributed by atoms with Crippen LogP contribution in [0.5, 0.6) is 0 Å². The van der Waals surface area contributed by atoms with Crippen LogP contribution in [0.2, 0.25) is 4.34 Å². The van der Waals surface area contributed by atoms with E-state index in [9.17, 15) is 14.4 Å². The van der Waals surface area contributed by atoms with Gasteiger partial charge in [0.2, 0.25) is 5.91 Å². The minimum absolute atomic E-state index is 0.173. The fourth-order valence-corrected chi connectivity index (χ4v) is 3.87. The van der Waals surface area contributed by atoms with Crippen LogP contribution < -0.4 is 11.1 Å². The lowest BCUT2D eigenvalue weighted by Gasteiger charge is -2.31. The Balaban J connectivity index is 1.73. The van der Waals surface area contributed by atoms with Crippen molar-refractivity contribution in [1.82, 2.24) is 4.90 Å². The lowest BCUT2D eigenvalue weighted by atomic mass is 9.95. The van der Waals surface area contributed by atoms with Crippen LogP contribution in [0.15, 0.2) is 36.4 Å². The molecule has 1 aliphatic heterocycles. The zero-order valence-electron chi connectivity index (χ0n) is 13.9. The minimum Gasteiger partial charge on any atom is -0.369 e. The summed E-state index contributed by atoms with van der Waals surface area (Å²) < 4.78 is 0.525. The molecule has 26 heavy (non-hydrogen) atoms. The van der Waals surface area contributed by atoms with E-state index in [0.29, 0.717) is 46.4 Å².